The first kappa shape index (κ1) is 12.5. The third kappa shape index (κ3) is 3.81. The van der Waals surface area contributed by atoms with E-state index in [0.717, 1.165) is 11.6 Å². The van der Waals surface area contributed by atoms with E-state index in [0.29, 0.717) is 11.8 Å². The standard InChI is InChI=1S/C11H18N2OS/c1-3-12-9(2)10-5-4-6-13-11(10)15-8-7-14/h4-6,9,12,14H,3,7-8H2,1-2H3. The quantitative estimate of drug-likeness (QED) is 0.727. The Kier molecular flexibility index (Phi) is 5.68. The van der Waals surface area contributed by atoms with E-state index in [9.17, 15) is 0 Å². The van der Waals surface area contributed by atoms with E-state index >= 15 is 0 Å². The number of nitrogens with one attached hydrogen (secondary N) is 1. The van der Waals surface area contributed by atoms with Gasteiger partial charge in [0.05, 0.1) is 6.61 Å². The van der Waals surface area contributed by atoms with Crippen molar-refractivity contribution < 1.29 is 5.11 Å². The van der Waals surface area contributed by atoms with E-state index in [4.69, 9.17) is 5.11 Å². The van der Waals surface area contributed by atoms with Crippen LogP contribution in [0.4, 0.5) is 0 Å². The summed E-state index contributed by atoms with van der Waals surface area (Å²) >= 11 is 1.60. The second kappa shape index (κ2) is 6.82. The van der Waals surface area contributed by atoms with Crippen molar-refractivity contribution in [3.05, 3.63) is 23.9 Å². The summed E-state index contributed by atoms with van der Waals surface area (Å²) in [5.41, 5.74) is 1.21. The highest BCUT2D eigenvalue weighted by Gasteiger charge is 2.09. The van der Waals surface area contributed by atoms with Crippen LogP contribution in [0, 0.1) is 0 Å². The van der Waals surface area contributed by atoms with Crippen molar-refractivity contribution in [1.29, 1.82) is 0 Å². The van der Waals surface area contributed by atoms with Gasteiger partial charge in [-0.05, 0) is 19.5 Å². The molecule has 4 heteroatoms. The Morgan fingerprint density at radius 2 is 2.40 bits per heavy atom. The number of nitrogens with zero attached hydrogens (tertiary/aromatic N) is 1. The van der Waals surface area contributed by atoms with Crippen LogP contribution < -0.4 is 5.32 Å². The largest absolute Gasteiger partial charge is 0.396 e. The van der Waals surface area contributed by atoms with Crippen LogP contribution in [0.15, 0.2) is 23.4 Å². The second-order valence-electron chi connectivity index (χ2n) is 3.25. The molecule has 0 aliphatic rings. The highest BCUT2D eigenvalue weighted by atomic mass is 32.2. The number of hydrogen-bond acceptors (Lipinski definition) is 4. The number of aliphatic hydroxyl groups is 1. The molecule has 2 N–H and O–H groups in total. The maximum absolute atomic E-state index is 8.80. The molecule has 0 aliphatic heterocycles. The zero-order valence-corrected chi connectivity index (χ0v) is 10.0. The Hall–Kier alpha value is -0.580. The minimum atomic E-state index is 0.191. The number of aromatic nitrogens is 1. The smallest absolute Gasteiger partial charge is 0.101 e. The van der Waals surface area contributed by atoms with Gasteiger partial charge in [0.2, 0.25) is 0 Å². The molecule has 0 amide bonds. The lowest BCUT2D eigenvalue weighted by Gasteiger charge is -2.15. The third-order valence-electron chi connectivity index (χ3n) is 2.11. The Morgan fingerprint density at radius 3 is 3.07 bits per heavy atom. The van der Waals surface area contributed by atoms with Gasteiger partial charge in [0, 0.05) is 23.6 Å². The van der Waals surface area contributed by atoms with Crippen LogP contribution in [-0.4, -0.2) is 29.0 Å². The molecule has 84 valence electrons. The van der Waals surface area contributed by atoms with Gasteiger partial charge in [-0.1, -0.05) is 13.0 Å². The van der Waals surface area contributed by atoms with Crippen LogP contribution in [0.3, 0.4) is 0 Å². The van der Waals surface area contributed by atoms with Crippen molar-refractivity contribution in [2.24, 2.45) is 0 Å². The summed E-state index contributed by atoms with van der Waals surface area (Å²) in [6.45, 7) is 5.35. The molecule has 0 spiro atoms. The van der Waals surface area contributed by atoms with Crippen molar-refractivity contribution >= 4 is 11.8 Å². The fourth-order valence-corrected chi connectivity index (χ4v) is 2.24. The van der Waals surface area contributed by atoms with Crippen molar-refractivity contribution in [2.75, 3.05) is 18.9 Å². The fraction of sp³-hybridized carbons (Fsp3) is 0.545. The number of thioether (sulfide) groups is 1. The summed E-state index contributed by atoms with van der Waals surface area (Å²) in [4.78, 5) is 4.33. The zero-order valence-electron chi connectivity index (χ0n) is 9.23. The van der Waals surface area contributed by atoms with Crippen LogP contribution in [-0.2, 0) is 0 Å². The molecule has 0 radical (unpaired) electrons. The predicted molar refractivity (Wildman–Crippen MR) is 64.1 cm³/mol. The Morgan fingerprint density at radius 1 is 1.60 bits per heavy atom. The maximum Gasteiger partial charge on any atom is 0.101 e. The molecule has 3 nitrogen and oxygen atoms in total. The molecular formula is C11H18N2OS. The third-order valence-corrected chi connectivity index (χ3v) is 3.11. The van der Waals surface area contributed by atoms with Gasteiger partial charge in [0.15, 0.2) is 0 Å². The van der Waals surface area contributed by atoms with Gasteiger partial charge in [-0.25, -0.2) is 4.98 Å². The van der Waals surface area contributed by atoms with Crippen molar-refractivity contribution in [3.63, 3.8) is 0 Å². The number of pyridine rings is 1. The SMILES string of the molecule is CCNC(C)c1cccnc1SCCO. The molecule has 1 atom stereocenters. The summed E-state index contributed by atoms with van der Waals surface area (Å²) in [5.74, 6) is 0.697. The molecule has 0 aromatic carbocycles. The molecule has 15 heavy (non-hydrogen) atoms. The Bertz CT molecular complexity index is 294. The van der Waals surface area contributed by atoms with Gasteiger partial charge in [-0.2, -0.15) is 0 Å². The Balaban J connectivity index is 2.75. The fourth-order valence-electron chi connectivity index (χ4n) is 1.41. The maximum atomic E-state index is 8.80. The average Bonchev–Trinajstić information content (AvgIpc) is 2.27. The lowest BCUT2D eigenvalue weighted by atomic mass is 10.1. The van der Waals surface area contributed by atoms with E-state index < -0.39 is 0 Å². The van der Waals surface area contributed by atoms with Crippen LogP contribution in [0.5, 0.6) is 0 Å². The lowest BCUT2D eigenvalue weighted by molar-refractivity contribution is 0.322. The van der Waals surface area contributed by atoms with Crippen LogP contribution in [0.25, 0.3) is 0 Å². The van der Waals surface area contributed by atoms with E-state index in [1.165, 1.54) is 5.56 Å². The van der Waals surface area contributed by atoms with Gasteiger partial charge < -0.3 is 10.4 Å². The lowest BCUT2D eigenvalue weighted by Crippen LogP contribution is -2.18. The van der Waals surface area contributed by atoms with Gasteiger partial charge in [0.25, 0.3) is 0 Å². The minimum Gasteiger partial charge on any atom is -0.396 e. The van der Waals surface area contributed by atoms with Gasteiger partial charge in [0.1, 0.15) is 5.03 Å². The highest BCUT2D eigenvalue weighted by molar-refractivity contribution is 7.99. The van der Waals surface area contributed by atoms with E-state index in [2.05, 4.69) is 30.2 Å². The molecule has 0 saturated heterocycles. The monoisotopic (exact) mass is 226 g/mol. The van der Waals surface area contributed by atoms with Crippen LogP contribution >= 0.6 is 11.8 Å². The van der Waals surface area contributed by atoms with E-state index in [1.54, 1.807) is 18.0 Å². The van der Waals surface area contributed by atoms with Gasteiger partial charge in [-0.15, -0.1) is 11.8 Å². The van der Waals surface area contributed by atoms with E-state index in [-0.39, 0.29) is 6.61 Å². The molecule has 0 aliphatic carbocycles. The summed E-state index contributed by atoms with van der Waals surface area (Å²) in [7, 11) is 0. The normalized spacial score (nSPS) is 12.7. The summed E-state index contributed by atoms with van der Waals surface area (Å²) in [6, 6.07) is 4.34. The predicted octanol–water partition coefficient (Wildman–Crippen LogP) is 1.84. The molecule has 0 bridgehead atoms. The highest BCUT2D eigenvalue weighted by Crippen LogP contribution is 2.24. The molecule has 1 rings (SSSR count). The first-order valence-electron chi connectivity index (χ1n) is 5.21. The van der Waals surface area contributed by atoms with Gasteiger partial charge >= 0.3 is 0 Å². The first-order valence-corrected chi connectivity index (χ1v) is 6.20. The molecule has 1 aromatic heterocycles. The topological polar surface area (TPSA) is 45.2 Å². The average molecular weight is 226 g/mol. The first-order chi connectivity index (χ1) is 7.29. The summed E-state index contributed by atoms with van der Waals surface area (Å²) < 4.78 is 0. The molecular weight excluding hydrogens is 208 g/mol. The van der Waals surface area contributed by atoms with Crippen molar-refractivity contribution in [3.8, 4) is 0 Å². The summed E-state index contributed by atoms with van der Waals surface area (Å²) in [5, 5.41) is 13.2. The molecule has 0 saturated carbocycles. The number of aliphatic hydroxyl groups excluding tert-OH is 1. The van der Waals surface area contributed by atoms with Crippen molar-refractivity contribution in [1.82, 2.24) is 10.3 Å². The second-order valence-corrected chi connectivity index (χ2v) is 4.33. The van der Waals surface area contributed by atoms with Crippen molar-refractivity contribution in [2.45, 2.75) is 24.9 Å². The molecule has 0 fully saturated rings. The summed E-state index contributed by atoms with van der Waals surface area (Å²) in [6.07, 6.45) is 1.79. The molecule has 1 heterocycles. The molecule has 1 aromatic rings. The minimum absolute atomic E-state index is 0.191. The zero-order chi connectivity index (χ0) is 11.1. The van der Waals surface area contributed by atoms with Gasteiger partial charge in [-0.3, -0.25) is 0 Å². The number of hydrogen-bond donors (Lipinski definition) is 2. The van der Waals surface area contributed by atoms with Crippen LogP contribution in [0.2, 0.25) is 0 Å². The van der Waals surface area contributed by atoms with E-state index in [1.807, 2.05) is 6.07 Å². The number of rotatable bonds is 6. The Labute approximate surface area is 95.3 Å². The molecule has 1 unspecified atom stereocenters. The van der Waals surface area contributed by atoms with Crippen LogP contribution in [0.1, 0.15) is 25.5 Å².